The van der Waals surface area contributed by atoms with Gasteiger partial charge in [0.15, 0.2) is 0 Å². The van der Waals surface area contributed by atoms with Gasteiger partial charge in [0.05, 0.1) is 19.3 Å². The van der Waals surface area contributed by atoms with E-state index in [-0.39, 0.29) is 25.7 Å². The third-order valence-corrected chi connectivity index (χ3v) is 4.53. The molecule has 0 spiro atoms. The van der Waals surface area contributed by atoms with Crippen molar-refractivity contribution < 1.29 is 23.9 Å². The maximum atomic E-state index is 12.9. The lowest BCUT2D eigenvalue weighted by Gasteiger charge is -2.31. The molecule has 2 aromatic rings. The molecule has 0 aliphatic carbocycles. The van der Waals surface area contributed by atoms with Crippen molar-refractivity contribution in [3.05, 3.63) is 71.8 Å². The van der Waals surface area contributed by atoms with E-state index >= 15 is 0 Å². The van der Waals surface area contributed by atoms with Crippen molar-refractivity contribution in [1.82, 2.24) is 10.6 Å². The quantitative estimate of drug-likeness (QED) is 0.487. The number of carbonyl (C=O) groups excluding carboxylic acids is 3. The molecule has 0 radical (unpaired) electrons. The number of hydrogen-bond donors (Lipinski definition) is 2. The van der Waals surface area contributed by atoms with Crippen LogP contribution in [0.3, 0.4) is 0 Å². The first kappa shape index (κ1) is 22.9. The van der Waals surface area contributed by atoms with E-state index in [1.807, 2.05) is 43.3 Å². The third kappa shape index (κ3) is 5.83. The van der Waals surface area contributed by atoms with Crippen LogP contribution in [0.5, 0.6) is 0 Å². The van der Waals surface area contributed by atoms with Crippen LogP contribution in [0.15, 0.2) is 60.7 Å². The minimum atomic E-state index is -2.01. The molecular formula is C23H28N2O5. The summed E-state index contributed by atoms with van der Waals surface area (Å²) in [5, 5.41) is 5.32. The molecule has 0 aromatic heterocycles. The average Bonchev–Trinajstić information content (AvgIpc) is 2.74. The van der Waals surface area contributed by atoms with Gasteiger partial charge in [0.25, 0.3) is 0 Å². The number of hydrogen-bond acceptors (Lipinski definition) is 5. The Bertz CT molecular complexity index is 821. The van der Waals surface area contributed by atoms with E-state index in [4.69, 9.17) is 9.47 Å². The topological polar surface area (TPSA) is 93.7 Å². The molecule has 0 fully saturated rings. The molecule has 7 heteroatoms. The molecule has 1 atom stereocenters. The van der Waals surface area contributed by atoms with Gasteiger partial charge in [0.1, 0.15) is 0 Å². The first-order chi connectivity index (χ1) is 14.4. The van der Waals surface area contributed by atoms with E-state index in [0.29, 0.717) is 5.56 Å². The predicted molar refractivity (Wildman–Crippen MR) is 113 cm³/mol. The molecule has 0 aliphatic heterocycles. The summed E-state index contributed by atoms with van der Waals surface area (Å²) in [5.74, 6) is -1.73. The molecule has 160 valence electrons. The monoisotopic (exact) mass is 412 g/mol. The second-order valence-electron chi connectivity index (χ2n) is 6.74. The van der Waals surface area contributed by atoms with Crippen LogP contribution in [0.1, 0.15) is 37.9 Å². The summed E-state index contributed by atoms with van der Waals surface area (Å²) in [7, 11) is 0. The smallest absolute Gasteiger partial charge is 0.344 e. The van der Waals surface area contributed by atoms with Gasteiger partial charge in [-0.15, -0.1) is 0 Å². The van der Waals surface area contributed by atoms with Gasteiger partial charge in [-0.1, -0.05) is 60.7 Å². The molecular weight excluding hydrogens is 384 g/mol. The molecule has 7 nitrogen and oxygen atoms in total. The van der Waals surface area contributed by atoms with Crippen LogP contribution < -0.4 is 10.6 Å². The second-order valence-corrected chi connectivity index (χ2v) is 6.74. The lowest BCUT2D eigenvalue weighted by molar-refractivity contribution is -0.165. The standard InChI is InChI=1S/C23H28N2O5/c1-4-29-20(26)23(21(27)30-5-2,16-18-12-8-6-9-13-18)25-22(28)24-17(3)19-14-10-7-11-15-19/h6-15,17H,4-5,16H2,1-3H3,(H2,24,25,28). The Kier molecular flexibility index (Phi) is 8.41. The number of benzene rings is 2. The highest BCUT2D eigenvalue weighted by Crippen LogP contribution is 2.19. The summed E-state index contributed by atoms with van der Waals surface area (Å²) in [6.45, 7) is 5.18. The number of ether oxygens (including phenoxy) is 2. The van der Waals surface area contributed by atoms with Crippen LogP contribution in [0.4, 0.5) is 4.79 Å². The first-order valence-electron chi connectivity index (χ1n) is 9.95. The van der Waals surface area contributed by atoms with Gasteiger partial charge < -0.3 is 20.1 Å². The van der Waals surface area contributed by atoms with Gasteiger partial charge in [-0.3, -0.25) is 0 Å². The zero-order valence-corrected chi connectivity index (χ0v) is 17.5. The van der Waals surface area contributed by atoms with Crippen LogP contribution in [0, 0.1) is 0 Å². The largest absolute Gasteiger partial charge is 0.464 e. The van der Waals surface area contributed by atoms with Crippen molar-refractivity contribution in [2.75, 3.05) is 13.2 Å². The van der Waals surface area contributed by atoms with E-state index in [0.717, 1.165) is 5.56 Å². The van der Waals surface area contributed by atoms with Crippen molar-refractivity contribution in [2.24, 2.45) is 0 Å². The van der Waals surface area contributed by atoms with E-state index in [2.05, 4.69) is 10.6 Å². The van der Waals surface area contributed by atoms with Gasteiger partial charge in [0.2, 0.25) is 5.54 Å². The molecule has 2 rings (SSSR count). The lowest BCUT2D eigenvalue weighted by Crippen LogP contribution is -2.64. The molecule has 2 amide bonds. The molecule has 1 unspecified atom stereocenters. The second kappa shape index (κ2) is 11.0. The Morgan fingerprint density at radius 2 is 1.37 bits per heavy atom. The van der Waals surface area contributed by atoms with Crippen molar-refractivity contribution in [2.45, 2.75) is 38.8 Å². The molecule has 0 saturated heterocycles. The van der Waals surface area contributed by atoms with Crippen molar-refractivity contribution >= 4 is 18.0 Å². The Hall–Kier alpha value is -3.35. The van der Waals surface area contributed by atoms with Crippen molar-refractivity contribution in [3.63, 3.8) is 0 Å². The molecule has 2 aromatic carbocycles. The molecule has 30 heavy (non-hydrogen) atoms. The van der Waals surface area contributed by atoms with Gasteiger partial charge in [-0.2, -0.15) is 0 Å². The lowest BCUT2D eigenvalue weighted by atomic mass is 9.90. The fourth-order valence-corrected chi connectivity index (χ4v) is 3.04. The van der Waals surface area contributed by atoms with Crippen LogP contribution in [-0.2, 0) is 25.5 Å². The molecule has 2 N–H and O–H groups in total. The summed E-state index contributed by atoms with van der Waals surface area (Å²) in [6.07, 6.45) is -0.0986. The highest BCUT2D eigenvalue weighted by Gasteiger charge is 2.50. The fourth-order valence-electron chi connectivity index (χ4n) is 3.04. The summed E-state index contributed by atoms with van der Waals surface area (Å²) in [4.78, 5) is 38.6. The Labute approximate surface area is 176 Å². The Balaban J connectivity index is 2.33. The zero-order chi connectivity index (χ0) is 22.0. The van der Waals surface area contributed by atoms with Gasteiger partial charge >= 0.3 is 18.0 Å². The number of esters is 2. The number of rotatable bonds is 9. The highest BCUT2D eigenvalue weighted by molar-refractivity contribution is 6.08. The van der Waals surface area contributed by atoms with Crippen LogP contribution in [0.2, 0.25) is 0 Å². The number of nitrogens with one attached hydrogen (secondary N) is 2. The Morgan fingerprint density at radius 1 is 0.867 bits per heavy atom. The van der Waals surface area contributed by atoms with Crippen molar-refractivity contribution in [3.8, 4) is 0 Å². The average molecular weight is 412 g/mol. The van der Waals surface area contributed by atoms with Gasteiger partial charge in [-0.05, 0) is 31.9 Å². The Morgan fingerprint density at radius 3 is 1.87 bits per heavy atom. The minimum absolute atomic E-state index is 0.0541. The SMILES string of the molecule is CCOC(=O)C(Cc1ccccc1)(NC(=O)NC(C)c1ccccc1)C(=O)OCC. The number of amides is 2. The first-order valence-corrected chi connectivity index (χ1v) is 9.95. The van der Waals surface area contributed by atoms with Crippen molar-refractivity contribution in [1.29, 1.82) is 0 Å². The van der Waals surface area contributed by atoms with Crippen LogP contribution >= 0.6 is 0 Å². The normalized spacial score (nSPS) is 11.8. The van der Waals surface area contributed by atoms with E-state index in [1.54, 1.807) is 38.1 Å². The molecule has 0 saturated carbocycles. The summed E-state index contributed by atoms with van der Waals surface area (Å²) in [5.41, 5.74) is -0.447. The molecule has 0 bridgehead atoms. The number of urea groups is 1. The summed E-state index contributed by atoms with van der Waals surface area (Å²) < 4.78 is 10.3. The highest BCUT2D eigenvalue weighted by atomic mass is 16.6. The van der Waals surface area contributed by atoms with E-state index in [1.165, 1.54) is 0 Å². The number of carbonyl (C=O) groups is 3. The summed E-state index contributed by atoms with van der Waals surface area (Å²) in [6, 6.07) is 17.3. The van der Waals surface area contributed by atoms with E-state index < -0.39 is 23.5 Å². The molecule has 0 heterocycles. The summed E-state index contributed by atoms with van der Waals surface area (Å²) >= 11 is 0. The maximum Gasteiger partial charge on any atom is 0.344 e. The predicted octanol–water partition coefficient (Wildman–Crippen LogP) is 3.15. The third-order valence-electron chi connectivity index (χ3n) is 4.53. The van der Waals surface area contributed by atoms with Gasteiger partial charge in [0, 0.05) is 6.42 Å². The zero-order valence-electron chi connectivity index (χ0n) is 17.5. The molecule has 0 aliphatic rings. The fraction of sp³-hybridized carbons (Fsp3) is 0.348. The maximum absolute atomic E-state index is 12.9. The minimum Gasteiger partial charge on any atom is -0.464 e. The van der Waals surface area contributed by atoms with Crippen LogP contribution in [0.25, 0.3) is 0 Å². The van der Waals surface area contributed by atoms with Crippen LogP contribution in [-0.4, -0.2) is 36.7 Å². The van der Waals surface area contributed by atoms with E-state index in [9.17, 15) is 14.4 Å². The van der Waals surface area contributed by atoms with Gasteiger partial charge in [-0.25, -0.2) is 14.4 Å².